The molecule has 0 amide bonds. The third-order valence-corrected chi connectivity index (χ3v) is 10.6. The molecule has 2 atom stereocenters. The lowest BCUT2D eigenvalue weighted by Crippen LogP contribution is -2.25. The molecule has 0 saturated carbocycles. The second-order valence-electron chi connectivity index (χ2n) is 15.0. The summed E-state index contributed by atoms with van der Waals surface area (Å²) in [5.41, 5.74) is 0. The van der Waals surface area contributed by atoms with Crippen molar-refractivity contribution in [3.63, 3.8) is 0 Å². The zero-order valence-corrected chi connectivity index (χ0v) is 36.1. The highest BCUT2D eigenvalue weighted by atomic mass is 35.5. The molecular formula is C45H86ClO5P. The summed E-state index contributed by atoms with van der Waals surface area (Å²) in [6, 6.07) is 6.67. The molecule has 7 heteroatoms. The monoisotopic (exact) mass is 773 g/mol. The van der Waals surface area contributed by atoms with E-state index in [1.54, 1.807) is 24.3 Å². The van der Waals surface area contributed by atoms with Crippen molar-refractivity contribution < 1.29 is 24.0 Å². The second kappa shape index (κ2) is 45.0. The van der Waals surface area contributed by atoms with Gasteiger partial charge in [0, 0.05) is 13.2 Å². The minimum Gasteiger partial charge on any atom is -0.506 e. The maximum atomic E-state index is 9.07. The summed E-state index contributed by atoms with van der Waals surface area (Å²) in [6.07, 6.45) is 44.3. The number of phenolic OH excluding ortho intramolecular Hbond substituents is 1. The molecule has 5 nitrogen and oxygen atoms in total. The van der Waals surface area contributed by atoms with Crippen molar-refractivity contribution in [3.8, 4) is 5.75 Å². The molecule has 0 radical (unpaired) electrons. The Labute approximate surface area is 330 Å². The van der Waals surface area contributed by atoms with Gasteiger partial charge in [0.25, 0.3) is 0 Å². The van der Waals surface area contributed by atoms with Crippen LogP contribution >= 0.6 is 20.6 Å². The highest BCUT2D eigenvalue weighted by Crippen LogP contribution is 2.20. The number of halogens is 1. The molecule has 0 aliphatic heterocycles. The summed E-state index contributed by atoms with van der Waals surface area (Å²) in [5.74, 6) is 0.133. The van der Waals surface area contributed by atoms with Crippen LogP contribution in [0.25, 0.3) is 0 Å². The van der Waals surface area contributed by atoms with Gasteiger partial charge in [0.05, 0.1) is 18.2 Å². The maximum absolute atomic E-state index is 9.07. The van der Waals surface area contributed by atoms with Gasteiger partial charge in [-0.25, -0.2) is 0 Å². The minimum absolute atomic E-state index is 0.0629. The SMILES string of the molecule is CCCCCCCCCCCCCCCCCCOC[C@@H](COPO)OCCCCCCCCCCCCCCCCCC.Oc1ccccc1Cl. The van der Waals surface area contributed by atoms with Gasteiger partial charge in [-0.15, -0.1) is 0 Å². The van der Waals surface area contributed by atoms with E-state index >= 15 is 0 Å². The summed E-state index contributed by atoms with van der Waals surface area (Å²) < 4.78 is 17.2. The van der Waals surface area contributed by atoms with Crippen LogP contribution in [0.3, 0.4) is 0 Å². The summed E-state index contributed by atoms with van der Waals surface area (Å²) >= 11 is 5.46. The van der Waals surface area contributed by atoms with Gasteiger partial charge < -0.3 is 24.0 Å². The first-order valence-corrected chi connectivity index (χ1v) is 23.5. The van der Waals surface area contributed by atoms with E-state index in [-0.39, 0.29) is 11.9 Å². The van der Waals surface area contributed by atoms with Gasteiger partial charge in [-0.1, -0.05) is 230 Å². The number of rotatable bonds is 40. The number of benzene rings is 1. The maximum Gasteiger partial charge on any atom is 0.152 e. The number of phenols is 1. The van der Waals surface area contributed by atoms with E-state index < -0.39 is 9.03 Å². The van der Waals surface area contributed by atoms with Crippen LogP contribution in [0.15, 0.2) is 24.3 Å². The zero-order valence-electron chi connectivity index (χ0n) is 34.3. The molecule has 1 rings (SSSR count). The summed E-state index contributed by atoms with van der Waals surface area (Å²) in [4.78, 5) is 9.07. The molecule has 0 aliphatic carbocycles. The second-order valence-corrected chi connectivity index (χ2v) is 15.9. The lowest BCUT2D eigenvalue weighted by molar-refractivity contribution is -0.0378. The molecule has 2 N–H and O–H groups in total. The Kier molecular flexibility index (Phi) is 44.6. The van der Waals surface area contributed by atoms with E-state index in [2.05, 4.69) is 13.8 Å². The van der Waals surface area contributed by atoms with E-state index in [9.17, 15) is 0 Å². The highest BCUT2D eigenvalue weighted by Gasteiger charge is 2.10. The van der Waals surface area contributed by atoms with Crippen LogP contribution in [-0.2, 0) is 14.0 Å². The number of ether oxygens (including phenoxy) is 2. The van der Waals surface area contributed by atoms with Crippen LogP contribution in [0, 0.1) is 0 Å². The number of unbranched alkanes of at least 4 members (excludes halogenated alkanes) is 30. The van der Waals surface area contributed by atoms with Crippen LogP contribution in [0.4, 0.5) is 0 Å². The largest absolute Gasteiger partial charge is 0.506 e. The van der Waals surface area contributed by atoms with Crippen molar-refractivity contribution in [1.82, 2.24) is 0 Å². The van der Waals surface area contributed by atoms with Gasteiger partial charge in [-0.05, 0) is 25.0 Å². The lowest BCUT2D eigenvalue weighted by Gasteiger charge is -2.17. The van der Waals surface area contributed by atoms with Crippen LogP contribution in [0.2, 0.25) is 5.02 Å². The molecular weight excluding hydrogens is 687 g/mol. The molecule has 0 saturated heterocycles. The molecule has 0 aliphatic rings. The van der Waals surface area contributed by atoms with Gasteiger partial charge in [0.1, 0.15) is 11.9 Å². The molecule has 1 aromatic rings. The van der Waals surface area contributed by atoms with Gasteiger partial charge in [0.15, 0.2) is 9.03 Å². The van der Waals surface area contributed by atoms with E-state index in [0.29, 0.717) is 18.2 Å². The van der Waals surface area contributed by atoms with E-state index in [1.807, 2.05) is 0 Å². The predicted molar refractivity (Wildman–Crippen MR) is 229 cm³/mol. The molecule has 0 bridgehead atoms. The molecule has 308 valence electrons. The molecule has 52 heavy (non-hydrogen) atoms. The van der Waals surface area contributed by atoms with Crippen LogP contribution in [0.1, 0.15) is 219 Å². The first kappa shape index (κ1) is 51.6. The Morgan fingerprint density at radius 3 is 1.17 bits per heavy atom. The molecule has 0 spiro atoms. The normalized spacial score (nSPS) is 12.1. The number of para-hydroxylation sites is 1. The third kappa shape index (κ3) is 40.8. The van der Waals surface area contributed by atoms with Crippen molar-refractivity contribution in [1.29, 1.82) is 0 Å². The molecule has 1 aromatic carbocycles. The minimum atomic E-state index is -0.478. The fourth-order valence-electron chi connectivity index (χ4n) is 6.59. The van der Waals surface area contributed by atoms with E-state index in [0.717, 1.165) is 26.1 Å². The number of aromatic hydroxyl groups is 1. The molecule has 0 aromatic heterocycles. The summed E-state index contributed by atoms with van der Waals surface area (Å²) in [5, 5.41) is 9.18. The van der Waals surface area contributed by atoms with Gasteiger partial charge >= 0.3 is 0 Å². The molecule has 1 unspecified atom stereocenters. The van der Waals surface area contributed by atoms with Gasteiger partial charge in [-0.3, -0.25) is 0 Å². The van der Waals surface area contributed by atoms with Crippen molar-refractivity contribution in [3.05, 3.63) is 29.3 Å². The summed E-state index contributed by atoms with van der Waals surface area (Å²) in [7, 11) is -0.478. The Morgan fingerprint density at radius 1 is 0.500 bits per heavy atom. The van der Waals surface area contributed by atoms with E-state index in [4.69, 9.17) is 35.6 Å². The molecule has 0 heterocycles. The van der Waals surface area contributed by atoms with Gasteiger partial charge in [-0.2, -0.15) is 0 Å². The smallest absolute Gasteiger partial charge is 0.152 e. The summed E-state index contributed by atoms with van der Waals surface area (Å²) in [6.45, 7) is 7.15. The highest BCUT2D eigenvalue weighted by molar-refractivity contribution is 7.24. The Bertz CT molecular complexity index is 780. The number of hydrogen-bond donors (Lipinski definition) is 2. The fraction of sp³-hybridized carbons (Fsp3) is 0.867. The average molecular weight is 774 g/mol. The van der Waals surface area contributed by atoms with Crippen LogP contribution < -0.4 is 0 Å². The third-order valence-electron chi connectivity index (χ3n) is 9.98. The first-order valence-electron chi connectivity index (χ1n) is 22.3. The van der Waals surface area contributed by atoms with Gasteiger partial charge in [0.2, 0.25) is 0 Å². The lowest BCUT2D eigenvalue weighted by atomic mass is 10.0. The molecule has 0 fully saturated rings. The standard InChI is InChI=1S/C39H81O4P.C6H5ClO/c1-3-5-7-9-11-13-15-17-19-21-23-25-27-29-31-33-35-41-37-39(38-43-44-40)42-36-34-32-30-28-26-24-22-20-18-16-14-12-10-8-6-4-2;7-5-3-1-2-4-6(5)8/h39-40,44H,3-38H2,1-2H3;1-4,8H/t39-;/m0./s1. The van der Waals surface area contributed by atoms with Crippen molar-refractivity contribution >= 4 is 20.6 Å². The van der Waals surface area contributed by atoms with Crippen LogP contribution in [0.5, 0.6) is 5.75 Å². The zero-order chi connectivity index (χ0) is 37.8. The average Bonchev–Trinajstić information content (AvgIpc) is 3.15. The fourth-order valence-corrected chi connectivity index (χ4v) is 6.99. The van der Waals surface area contributed by atoms with Crippen molar-refractivity contribution in [2.45, 2.75) is 225 Å². The Morgan fingerprint density at radius 2 is 0.846 bits per heavy atom. The Hall–Kier alpha value is -0.420. The van der Waals surface area contributed by atoms with Crippen molar-refractivity contribution in [2.75, 3.05) is 26.4 Å². The quantitative estimate of drug-likeness (QED) is 0.0513. The topological polar surface area (TPSA) is 68.2 Å². The Balaban J connectivity index is 0.00000283. The van der Waals surface area contributed by atoms with Crippen molar-refractivity contribution in [2.24, 2.45) is 0 Å². The van der Waals surface area contributed by atoms with E-state index in [1.165, 1.54) is 193 Å². The first-order chi connectivity index (χ1) is 25.7. The predicted octanol–water partition coefficient (Wildman–Crippen LogP) is 15.5. The van der Waals surface area contributed by atoms with Crippen LogP contribution in [-0.4, -0.2) is 42.5 Å². The number of hydrogen-bond acceptors (Lipinski definition) is 5.